The van der Waals surface area contributed by atoms with Crippen LogP contribution in [0.25, 0.3) is 0 Å². The zero-order valence-corrected chi connectivity index (χ0v) is 15.1. The first-order valence-electron chi connectivity index (χ1n) is 8.39. The highest BCUT2D eigenvalue weighted by Crippen LogP contribution is 2.34. The number of rotatable bonds is 7. The summed E-state index contributed by atoms with van der Waals surface area (Å²) in [6.07, 6.45) is 1.96. The Morgan fingerprint density at radius 2 is 2.16 bits per heavy atom. The van der Waals surface area contributed by atoms with Gasteiger partial charge in [-0.3, -0.25) is 4.79 Å². The van der Waals surface area contributed by atoms with Crippen LogP contribution in [0.4, 0.5) is 4.39 Å². The summed E-state index contributed by atoms with van der Waals surface area (Å²) in [5.41, 5.74) is 5.85. The lowest BCUT2D eigenvalue weighted by Gasteiger charge is -2.28. The van der Waals surface area contributed by atoms with Gasteiger partial charge in [0.05, 0.1) is 0 Å². The van der Waals surface area contributed by atoms with E-state index >= 15 is 0 Å². The monoisotopic (exact) mass is 348 g/mol. The van der Waals surface area contributed by atoms with Crippen molar-refractivity contribution in [2.24, 2.45) is 16.6 Å². The van der Waals surface area contributed by atoms with Gasteiger partial charge in [0, 0.05) is 24.5 Å². The fourth-order valence-corrected chi connectivity index (χ4v) is 2.65. The highest BCUT2D eigenvalue weighted by Gasteiger charge is 2.32. The predicted octanol–water partition coefficient (Wildman–Crippen LogP) is 3.07. The molecule has 1 atom stereocenters. The first-order valence-corrected chi connectivity index (χ1v) is 8.39. The Balaban J connectivity index is 2.39. The van der Waals surface area contributed by atoms with E-state index in [1.807, 2.05) is 20.8 Å². The molecule has 25 heavy (non-hydrogen) atoms. The van der Waals surface area contributed by atoms with Gasteiger partial charge in [0.2, 0.25) is 0 Å². The molecule has 6 heteroatoms. The third kappa shape index (κ3) is 4.66. The number of benzene rings is 1. The minimum Gasteiger partial charge on any atom is -0.429 e. The largest absolute Gasteiger partial charge is 0.429 e. The molecule has 0 fully saturated rings. The number of ether oxygens (including phenoxy) is 2. The summed E-state index contributed by atoms with van der Waals surface area (Å²) in [6.45, 7) is 8.07. The SMILES string of the molecule is CCOCC1=C[C@@](C)(c2cc(CC(=O)C(C)C)ccc2F)N=C(N)O1. The van der Waals surface area contributed by atoms with Gasteiger partial charge >= 0.3 is 0 Å². The molecule has 0 spiro atoms. The minimum atomic E-state index is -1.02. The number of carbonyl (C=O) groups excluding carboxylic acids is 1. The van der Waals surface area contributed by atoms with E-state index in [0.29, 0.717) is 17.9 Å². The molecule has 0 saturated carbocycles. The topological polar surface area (TPSA) is 73.9 Å². The van der Waals surface area contributed by atoms with Gasteiger partial charge in [-0.2, -0.15) is 0 Å². The molecule has 0 aliphatic carbocycles. The van der Waals surface area contributed by atoms with Crippen LogP contribution in [-0.2, 0) is 26.2 Å². The molecule has 0 radical (unpaired) electrons. The minimum absolute atomic E-state index is 0.0391. The van der Waals surface area contributed by atoms with Crippen LogP contribution in [0, 0.1) is 11.7 Å². The standard InChI is InChI=1S/C19H25FN2O3/c1-5-24-11-14-10-19(4,22-18(21)25-14)15-8-13(6-7-16(15)20)9-17(23)12(2)3/h6-8,10,12H,5,9,11H2,1-4H3,(H2,21,22)/t19-/m0/s1. The summed E-state index contributed by atoms with van der Waals surface area (Å²) in [6, 6.07) is 4.62. The van der Waals surface area contributed by atoms with Crippen molar-refractivity contribution in [3.63, 3.8) is 0 Å². The molecule has 1 aliphatic rings. The van der Waals surface area contributed by atoms with E-state index < -0.39 is 11.4 Å². The lowest BCUT2D eigenvalue weighted by atomic mass is 9.88. The third-order valence-electron chi connectivity index (χ3n) is 4.07. The zero-order chi connectivity index (χ0) is 18.6. The van der Waals surface area contributed by atoms with Crippen LogP contribution in [0.1, 0.15) is 38.8 Å². The predicted molar refractivity (Wildman–Crippen MR) is 94.6 cm³/mol. The van der Waals surface area contributed by atoms with Crippen LogP contribution in [0.5, 0.6) is 0 Å². The van der Waals surface area contributed by atoms with Gasteiger partial charge in [0.15, 0.2) is 0 Å². The number of aliphatic imine (C=N–C) groups is 1. The van der Waals surface area contributed by atoms with Gasteiger partial charge in [-0.05, 0) is 37.6 Å². The molecule has 1 heterocycles. The highest BCUT2D eigenvalue weighted by atomic mass is 19.1. The molecule has 136 valence electrons. The molecule has 2 N–H and O–H groups in total. The number of Topliss-reactive ketones (excluding diaryl/α,β-unsaturated/α-hetero) is 1. The van der Waals surface area contributed by atoms with Gasteiger partial charge in [0.1, 0.15) is 29.5 Å². The van der Waals surface area contributed by atoms with Crippen LogP contribution >= 0.6 is 0 Å². The number of hydrogen-bond acceptors (Lipinski definition) is 5. The second-order valence-electron chi connectivity index (χ2n) is 6.56. The van der Waals surface area contributed by atoms with Crippen LogP contribution in [0.3, 0.4) is 0 Å². The molecule has 0 bridgehead atoms. The maximum Gasteiger partial charge on any atom is 0.288 e. The van der Waals surface area contributed by atoms with Gasteiger partial charge < -0.3 is 15.2 Å². The number of nitrogens with two attached hydrogens (primary N) is 1. The van der Waals surface area contributed by atoms with Crippen molar-refractivity contribution in [1.82, 2.24) is 0 Å². The molecular formula is C19H25FN2O3. The maximum absolute atomic E-state index is 14.5. The number of halogens is 1. The van der Waals surface area contributed by atoms with Gasteiger partial charge in [-0.1, -0.05) is 19.9 Å². The summed E-state index contributed by atoms with van der Waals surface area (Å²) in [5, 5.41) is 0. The molecule has 0 unspecified atom stereocenters. The van der Waals surface area contributed by atoms with Crippen molar-refractivity contribution >= 4 is 11.8 Å². The van der Waals surface area contributed by atoms with Crippen LogP contribution in [0.2, 0.25) is 0 Å². The van der Waals surface area contributed by atoms with Crippen LogP contribution in [-0.4, -0.2) is 25.0 Å². The third-order valence-corrected chi connectivity index (χ3v) is 4.07. The van der Waals surface area contributed by atoms with Crippen LogP contribution in [0.15, 0.2) is 35.0 Å². The molecule has 5 nitrogen and oxygen atoms in total. The molecule has 1 aromatic rings. The Hall–Kier alpha value is -2.21. The summed E-state index contributed by atoms with van der Waals surface area (Å²) in [4.78, 5) is 16.3. The van der Waals surface area contributed by atoms with Crippen LogP contribution < -0.4 is 5.73 Å². The summed E-state index contributed by atoms with van der Waals surface area (Å²) in [5.74, 6) is 0.109. The van der Waals surface area contributed by atoms with E-state index in [1.54, 1.807) is 25.1 Å². The highest BCUT2D eigenvalue weighted by molar-refractivity contribution is 5.82. The molecular weight excluding hydrogens is 323 g/mol. The van der Waals surface area contributed by atoms with Gasteiger partial charge in [0.25, 0.3) is 6.02 Å². The maximum atomic E-state index is 14.5. The summed E-state index contributed by atoms with van der Waals surface area (Å²) in [7, 11) is 0. The van der Waals surface area contributed by atoms with Gasteiger partial charge in [-0.25, -0.2) is 9.38 Å². The van der Waals surface area contributed by atoms with Crippen molar-refractivity contribution in [1.29, 1.82) is 0 Å². The molecule has 0 aromatic heterocycles. The van der Waals surface area contributed by atoms with E-state index in [0.717, 1.165) is 5.56 Å². The Kier molecular flexibility index (Phi) is 5.95. The van der Waals surface area contributed by atoms with E-state index in [-0.39, 0.29) is 30.8 Å². The van der Waals surface area contributed by atoms with Crippen molar-refractivity contribution in [2.45, 2.75) is 39.7 Å². The number of carbonyl (C=O) groups is 1. The Bertz CT molecular complexity index is 713. The van der Waals surface area contributed by atoms with E-state index in [1.165, 1.54) is 6.07 Å². The Morgan fingerprint density at radius 3 is 2.80 bits per heavy atom. The fourth-order valence-electron chi connectivity index (χ4n) is 2.65. The average Bonchev–Trinajstić information content (AvgIpc) is 2.53. The van der Waals surface area contributed by atoms with Gasteiger partial charge in [-0.15, -0.1) is 0 Å². The molecule has 2 rings (SSSR count). The van der Waals surface area contributed by atoms with Crippen molar-refractivity contribution in [3.8, 4) is 0 Å². The molecule has 0 amide bonds. The lowest BCUT2D eigenvalue weighted by Crippen LogP contribution is -2.31. The van der Waals surface area contributed by atoms with E-state index in [4.69, 9.17) is 15.2 Å². The first kappa shape index (κ1) is 19.1. The number of ketones is 1. The van der Waals surface area contributed by atoms with E-state index in [2.05, 4.69) is 4.99 Å². The number of nitrogens with zero attached hydrogens (tertiary/aromatic N) is 1. The quantitative estimate of drug-likeness (QED) is 0.822. The summed E-state index contributed by atoms with van der Waals surface area (Å²) < 4.78 is 25.2. The first-order chi connectivity index (χ1) is 11.7. The Labute approximate surface area is 147 Å². The zero-order valence-electron chi connectivity index (χ0n) is 15.1. The number of hydrogen-bond donors (Lipinski definition) is 1. The fraction of sp³-hybridized carbons (Fsp3) is 0.474. The van der Waals surface area contributed by atoms with Crippen molar-refractivity contribution in [2.75, 3.05) is 13.2 Å². The second-order valence-corrected chi connectivity index (χ2v) is 6.56. The lowest BCUT2D eigenvalue weighted by molar-refractivity contribution is -0.121. The van der Waals surface area contributed by atoms with Crippen molar-refractivity contribution in [3.05, 3.63) is 47.0 Å². The molecule has 1 aromatic carbocycles. The van der Waals surface area contributed by atoms with Crippen molar-refractivity contribution < 1.29 is 18.7 Å². The molecule has 0 saturated heterocycles. The van der Waals surface area contributed by atoms with E-state index in [9.17, 15) is 9.18 Å². The Morgan fingerprint density at radius 1 is 1.44 bits per heavy atom. The average molecular weight is 348 g/mol. The number of amidine groups is 1. The second kappa shape index (κ2) is 7.78. The summed E-state index contributed by atoms with van der Waals surface area (Å²) >= 11 is 0. The molecule has 1 aliphatic heterocycles. The smallest absolute Gasteiger partial charge is 0.288 e. The normalized spacial score (nSPS) is 20.1.